The number of aliphatic carboxylic acids is 1. The van der Waals surface area contributed by atoms with Gasteiger partial charge < -0.3 is 35.3 Å². The van der Waals surface area contributed by atoms with E-state index in [2.05, 4.69) is 15.6 Å². The highest BCUT2D eigenvalue weighted by atomic mass is 32.1. The van der Waals surface area contributed by atoms with Crippen molar-refractivity contribution in [2.45, 2.75) is 26.1 Å². The number of hydrogen-bond donors (Lipinski definition) is 5. The van der Waals surface area contributed by atoms with Crippen molar-refractivity contribution in [1.82, 2.24) is 10.3 Å². The van der Waals surface area contributed by atoms with Crippen LogP contribution in [0.5, 0.6) is 5.75 Å². The van der Waals surface area contributed by atoms with Crippen molar-refractivity contribution < 1.29 is 38.9 Å². The second-order valence-electron chi connectivity index (χ2n) is 7.66. The molecule has 0 spiro atoms. The van der Waals surface area contributed by atoms with Crippen molar-refractivity contribution in [2.75, 3.05) is 19.0 Å². The number of nitrogens with one attached hydrogen (secondary N) is 3. The number of methoxy groups -OCH3 is 1. The van der Waals surface area contributed by atoms with Gasteiger partial charge in [-0.1, -0.05) is 0 Å². The van der Waals surface area contributed by atoms with Gasteiger partial charge in [0.25, 0.3) is 5.91 Å². The Hall–Kier alpha value is -3.90. The van der Waals surface area contributed by atoms with E-state index < -0.39 is 23.9 Å². The van der Waals surface area contributed by atoms with Crippen LogP contribution in [-0.2, 0) is 27.4 Å². The molecular weight excluding hydrogens is 466 g/mol. The molecule has 178 valence electrons. The van der Waals surface area contributed by atoms with E-state index >= 15 is 0 Å². The Labute approximate surface area is 196 Å². The molecule has 0 fully saturated rings. The van der Waals surface area contributed by atoms with E-state index in [0.717, 1.165) is 16.9 Å². The van der Waals surface area contributed by atoms with Gasteiger partial charge >= 0.3 is 17.8 Å². The fourth-order valence-corrected chi connectivity index (χ4v) is 5.09. The molecule has 0 saturated heterocycles. The number of anilines is 1. The fraction of sp³-hybridized carbons (Fsp3) is 0.273. The number of carbonyl (C=O) groups is 4. The number of hydrogen-bond acceptors (Lipinski definition) is 7. The monoisotopic (exact) mass is 487 g/mol. The molecule has 12 heteroatoms. The van der Waals surface area contributed by atoms with E-state index in [1.807, 2.05) is 6.07 Å². The Balaban J connectivity index is 1.50. The van der Waals surface area contributed by atoms with Crippen molar-refractivity contribution >= 4 is 51.0 Å². The number of carbonyl (C=O) groups excluding carboxylic acids is 2. The third-order valence-electron chi connectivity index (χ3n) is 5.52. The lowest BCUT2D eigenvalue weighted by Crippen LogP contribution is -2.37. The molecular formula is C22H21N3O8S. The predicted octanol–water partition coefficient (Wildman–Crippen LogP) is 2.14. The molecule has 0 saturated carbocycles. The lowest BCUT2D eigenvalue weighted by atomic mass is 10.0. The summed E-state index contributed by atoms with van der Waals surface area (Å²) >= 11 is 0.963. The molecule has 1 aliphatic heterocycles. The van der Waals surface area contributed by atoms with E-state index in [0.29, 0.717) is 32.8 Å². The number of aromatic carboxylic acids is 1. The van der Waals surface area contributed by atoms with Crippen LogP contribution >= 0.6 is 11.3 Å². The average molecular weight is 487 g/mol. The highest BCUT2D eigenvalue weighted by molar-refractivity contribution is 7.17. The molecule has 0 bridgehead atoms. The minimum atomic E-state index is -1.72. The molecule has 1 atom stereocenters. The van der Waals surface area contributed by atoms with E-state index in [-0.39, 0.29) is 36.0 Å². The van der Waals surface area contributed by atoms with Crippen LogP contribution in [0.25, 0.3) is 10.9 Å². The van der Waals surface area contributed by atoms with Gasteiger partial charge in [0.15, 0.2) is 0 Å². The van der Waals surface area contributed by atoms with E-state index in [1.165, 1.54) is 0 Å². The van der Waals surface area contributed by atoms with Gasteiger partial charge in [-0.3, -0.25) is 9.59 Å². The molecule has 4 rings (SSSR count). The Kier molecular flexibility index (Phi) is 6.26. The van der Waals surface area contributed by atoms with Crippen molar-refractivity contribution in [3.8, 4) is 5.75 Å². The lowest BCUT2D eigenvalue weighted by molar-refractivity contribution is -0.147. The first-order valence-electron chi connectivity index (χ1n) is 10.2. The first kappa shape index (κ1) is 23.3. The standard InChI is InChI=1S/C22H21N3O8S/c1-9-16(12-5-10(32-2)3-4-14(12)24-9)18(26)23-7-11-6-13-15(8-33-11)34-20(17(13)21(28)29)25-19(27)22(30)31/h3-5,11,24H,6-8H2,1-2H3,(H,23,26)(H,25,27)(H,28,29)(H,30,31). The summed E-state index contributed by atoms with van der Waals surface area (Å²) in [5.74, 6) is -4.02. The van der Waals surface area contributed by atoms with Crippen LogP contribution < -0.4 is 15.4 Å². The molecule has 1 unspecified atom stereocenters. The maximum Gasteiger partial charge on any atom is 0.394 e. The topological polar surface area (TPSA) is 167 Å². The first-order chi connectivity index (χ1) is 16.2. The summed E-state index contributed by atoms with van der Waals surface area (Å²) in [7, 11) is 1.55. The highest BCUT2D eigenvalue weighted by Crippen LogP contribution is 2.38. The maximum atomic E-state index is 13.0. The van der Waals surface area contributed by atoms with Gasteiger partial charge in [0, 0.05) is 34.4 Å². The maximum absolute atomic E-state index is 13.0. The van der Waals surface area contributed by atoms with Gasteiger partial charge in [-0.05, 0) is 30.7 Å². The molecule has 0 radical (unpaired) electrons. The van der Waals surface area contributed by atoms with Crippen molar-refractivity contribution in [2.24, 2.45) is 0 Å². The van der Waals surface area contributed by atoms with Crippen LogP contribution in [0.1, 0.15) is 36.9 Å². The Bertz CT molecular complexity index is 1330. The Morgan fingerprint density at radius 1 is 1.24 bits per heavy atom. The third-order valence-corrected chi connectivity index (χ3v) is 6.64. The number of carboxylic acid groups (broad SMARTS) is 2. The zero-order chi connectivity index (χ0) is 24.6. The summed E-state index contributed by atoms with van der Waals surface area (Å²) in [5.41, 5.74) is 2.26. The summed E-state index contributed by atoms with van der Waals surface area (Å²) in [4.78, 5) is 50.9. The number of fused-ring (bicyclic) bond motifs is 2. The number of benzene rings is 1. The van der Waals surface area contributed by atoms with Crippen molar-refractivity contribution in [1.29, 1.82) is 0 Å². The van der Waals surface area contributed by atoms with Gasteiger partial charge in [-0.2, -0.15) is 0 Å². The molecule has 34 heavy (non-hydrogen) atoms. The summed E-state index contributed by atoms with van der Waals surface area (Å²) < 4.78 is 11.0. The lowest BCUT2D eigenvalue weighted by Gasteiger charge is -2.23. The molecule has 11 nitrogen and oxygen atoms in total. The number of aryl methyl sites for hydroxylation is 1. The number of aromatic amines is 1. The number of ether oxygens (including phenoxy) is 2. The first-order valence-corrected chi connectivity index (χ1v) is 11.0. The summed E-state index contributed by atoms with van der Waals surface area (Å²) in [6.07, 6.45) is -0.329. The average Bonchev–Trinajstić information content (AvgIpc) is 3.32. The van der Waals surface area contributed by atoms with Gasteiger partial charge in [0.2, 0.25) is 0 Å². The number of amides is 2. The highest BCUT2D eigenvalue weighted by Gasteiger charge is 2.31. The van der Waals surface area contributed by atoms with Gasteiger partial charge in [-0.25, -0.2) is 9.59 Å². The minimum absolute atomic E-state index is 0.0541. The molecule has 1 aromatic carbocycles. The Morgan fingerprint density at radius 3 is 2.68 bits per heavy atom. The summed E-state index contributed by atoms with van der Waals surface area (Å²) in [6.45, 7) is 2.00. The molecule has 3 aromatic rings. The van der Waals surface area contributed by atoms with Crippen molar-refractivity contribution in [3.63, 3.8) is 0 Å². The van der Waals surface area contributed by atoms with Crippen LogP contribution in [0.4, 0.5) is 5.00 Å². The molecule has 0 aliphatic carbocycles. The SMILES string of the molecule is COc1ccc2[nH]c(C)c(C(=O)NCC3Cc4c(sc(NC(=O)C(=O)O)c4C(=O)O)CO3)c2c1. The number of rotatable bonds is 6. The van der Waals surface area contributed by atoms with Crippen LogP contribution in [-0.4, -0.2) is 58.7 Å². The summed E-state index contributed by atoms with van der Waals surface area (Å²) in [6, 6.07) is 5.39. The molecule has 3 heterocycles. The summed E-state index contributed by atoms with van der Waals surface area (Å²) in [5, 5.41) is 24.1. The quantitative estimate of drug-likeness (QED) is 0.330. The second kappa shape index (κ2) is 9.15. The number of H-pyrrole nitrogens is 1. The zero-order valence-corrected chi connectivity index (χ0v) is 19.0. The second-order valence-corrected chi connectivity index (χ2v) is 8.76. The normalized spacial score (nSPS) is 14.9. The predicted molar refractivity (Wildman–Crippen MR) is 122 cm³/mol. The van der Waals surface area contributed by atoms with Gasteiger partial charge in [-0.15, -0.1) is 11.3 Å². The van der Waals surface area contributed by atoms with Crippen LogP contribution in [0, 0.1) is 6.92 Å². The largest absolute Gasteiger partial charge is 0.497 e. The van der Waals surface area contributed by atoms with Crippen LogP contribution in [0.15, 0.2) is 18.2 Å². The fourth-order valence-electron chi connectivity index (χ4n) is 3.95. The molecule has 1 aliphatic rings. The molecule has 2 amide bonds. The third kappa shape index (κ3) is 4.32. The number of thiophene rings is 1. The van der Waals surface area contributed by atoms with Gasteiger partial charge in [0.05, 0.1) is 30.9 Å². The number of aromatic nitrogens is 1. The van der Waals surface area contributed by atoms with E-state index in [9.17, 15) is 24.3 Å². The van der Waals surface area contributed by atoms with E-state index in [1.54, 1.807) is 26.2 Å². The zero-order valence-electron chi connectivity index (χ0n) is 18.2. The van der Waals surface area contributed by atoms with E-state index in [4.69, 9.17) is 14.6 Å². The van der Waals surface area contributed by atoms with Crippen LogP contribution in [0.3, 0.4) is 0 Å². The van der Waals surface area contributed by atoms with Crippen LogP contribution in [0.2, 0.25) is 0 Å². The molecule has 5 N–H and O–H groups in total. The number of carboxylic acids is 2. The minimum Gasteiger partial charge on any atom is -0.497 e. The van der Waals surface area contributed by atoms with Crippen molar-refractivity contribution in [3.05, 3.63) is 45.5 Å². The molecule has 2 aromatic heterocycles. The van der Waals surface area contributed by atoms with Gasteiger partial charge in [0.1, 0.15) is 10.8 Å². The Morgan fingerprint density at radius 2 is 2.00 bits per heavy atom. The smallest absolute Gasteiger partial charge is 0.394 e.